The number of esters is 1. The molecule has 8 heteroatoms. The molecule has 0 aromatic carbocycles. The summed E-state index contributed by atoms with van der Waals surface area (Å²) in [4.78, 5) is 35.1. The van der Waals surface area contributed by atoms with Crippen LogP contribution in [0.2, 0.25) is 0 Å². The second kappa shape index (κ2) is 8.32. The maximum atomic E-state index is 12.0. The third kappa shape index (κ3) is 6.07. The lowest BCUT2D eigenvalue weighted by molar-refractivity contribution is 0.0496. The fraction of sp³-hybridized carbons (Fsp3) is 0.700. The van der Waals surface area contributed by atoms with Crippen molar-refractivity contribution >= 4 is 18.0 Å². The summed E-state index contributed by atoms with van der Waals surface area (Å²) < 4.78 is 10.2. The van der Waals surface area contributed by atoms with Crippen LogP contribution in [0.15, 0.2) is 6.07 Å². The second-order valence-electron chi connectivity index (χ2n) is 9.09. The summed E-state index contributed by atoms with van der Waals surface area (Å²) in [7, 11) is 1.34. The molecule has 1 fully saturated rings. The Bertz CT molecular complexity index is 714. The minimum Gasteiger partial charge on any atom is -0.464 e. The minimum absolute atomic E-state index is 0.0389. The zero-order valence-electron chi connectivity index (χ0n) is 18.0. The monoisotopic (exact) mass is 392 g/mol. The number of hydrogen-bond acceptors (Lipinski definition) is 7. The van der Waals surface area contributed by atoms with Crippen molar-refractivity contribution in [2.45, 2.75) is 71.4 Å². The maximum Gasteiger partial charge on any atom is 0.407 e. The first kappa shape index (κ1) is 21.9. The molecular formula is C20H32N4O4. The Kier molecular flexibility index (Phi) is 6.52. The molecule has 0 saturated carbocycles. The Morgan fingerprint density at radius 3 is 2.21 bits per heavy atom. The molecule has 2 rings (SSSR count). The topological polar surface area (TPSA) is 93.7 Å². The van der Waals surface area contributed by atoms with E-state index in [2.05, 4.69) is 15.3 Å². The lowest BCUT2D eigenvalue weighted by Crippen LogP contribution is -2.46. The van der Waals surface area contributed by atoms with E-state index in [1.165, 1.54) is 7.11 Å². The predicted octanol–water partition coefficient (Wildman–Crippen LogP) is 3.05. The molecule has 0 unspecified atom stereocenters. The summed E-state index contributed by atoms with van der Waals surface area (Å²) in [6.45, 7) is 13.0. The molecule has 1 aliphatic heterocycles. The SMILES string of the molecule is COC(=O)c1cc(C(C)(C)C)nc(N2CCC(NC(=O)OC(C)(C)C)CC2)n1. The fourth-order valence-electron chi connectivity index (χ4n) is 2.87. The third-order valence-corrected chi connectivity index (χ3v) is 4.38. The number of carbonyl (C=O) groups excluding carboxylic acids is 2. The molecule has 1 N–H and O–H groups in total. The molecule has 1 saturated heterocycles. The highest BCUT2D eigenvalue weighted by atomic mass is 16.6. The Morgan fingerprint density at radius 2 is 1.71 bits per heavy atom. The van der Waals surface area contributed by atoms with Crippen LogP contribution in [0.3, 0.4) is 0 Å². The van der Waals surface area contributed by atoms with E-state index in [0.29, 0.717) is 19.0 Å². The van der Waals surface area contributed by atoms with Crippen LogP contribution in [-0.4, -0.2) is 53.9 Å². The third-order valence-electron chi connectivity index (χ3n) is 4.38. The average molecular weight is 393 g/mol. The van der Waals surface area contributed by atoms with Crippen LogP contribution in [0.4, 0.5) is 10.7 Å². The molecule has 0 aliphatic carbocycles. The number of piperidine rings is 1. The van der Waals surface area contributed by atoms with Crippen LogP contribution in [-0.2, 0) is 14.9 Å². The number of carbonyl (C=O) groups is 2. The number of amides is 1. The fourth-order valence-corrected chi connectivity index (χ4v) is 2.87. The molecule has 0 bridgehead atoms. The van der Waals surface area contributed by atoms with Crippen molar-refractivity contribution in [3.05, 3.63) is 17.5 Å². The molecular weight excluding hydrogens is 360 g/mol. The highest BCUT2D eigenvalue weighted by molar-refractivity contribution is 5.87. The van der Waals surface area contributed by atoms with Gasteiger partial charge in [-0.1, -0.05) is 20.8 Å². The normalized spacial score (nSPS) is 15.9. The van der Waals surface area contributed by atoms with E-state index in [0.717, 1.165) is 18.5 Å². The Hall–Kier alpha value is -2.38. The molecule has 0 atom stereocenters. The van der Waals surface area contributed by atoms with Gasteiger partial charge in [-0.05, 0) is 39.7 Å². The van der Waals surface area contributed by atoms with Gasteiger partial charge in [0.2, 0.25) is 5.95 Å². The Morgan fingerprint density at radius 1 is 1.11 bits per heavy atom. The van der Waals surface area contributed by atoms with Crippen LogP contribution < -0.4 is 10.2 Å². The van der Waals surface area contributed by atoms with Crippen molar-refractivity contribution in [3.8, 4) is 0 Å². The maximum absolute atomic E-state index is 12.0. The first-order valence-corrected chi connectivity index (χ1v) is 9.61. The van der Waals surface area contributed by atoms with Gasteiger partial charge < -0.3 is 19.7 Å². The number of aromatic nitrogens is 2. The van der Waals surface area contributed by atoms with Gasteiger partial charge in [0, 0.05) is 24.5 Å². The molecule has 1 aromatic heterocycles. The molecule has 2 heterocycles. The van der Waals surface area contributed by atoms with Crippen molar-refractivity contribution in [3.63, 3.8) is 0 Å². The Labute approximate surface area is 167 Å². The van der Waals surface area contributed by atoms with Gasteiger partial charge in [-0.25, -0.2) is 19.6 Å². The molecule has 28 heavy (non-hydrogen) atoms. The molecule has 1 amide bonds. The van der Waals surface area contributed by atoms with Crippen molar-refractivity contribution in [1.82, 2.24) is 15.3 Å². The van der Waals surface area contributed by atoms with Gasteiger partial charge in [0.25, 0.3) is 0 Å². The van der Waals surface area contributed by atoms with Crippen LogP contribution in [0.5, 0.6) is 0 Å². The highest BCUT2D eigenvalue weighted by Crippen LogP contribution is 2.25. The van der Waals surface area contributed by atoms with Crippen LogP contribution >= 0.6 is 0 Å². The molecule has 0 spiro atoms. The first-order chi connectivity index (χ1) is 12.9. The largest absolute Gasteiger partial charge is 0.464 e. The van der Waals surface area contributed by atoms with Gasteiger partial charge in [0.15, 0.2) is 5.69 Å². The second-order valence-corrected chi connectivity index (χ2v) is 9.09. The lowest BCUT2D eigenvalue weighted by Gasteiger charge is -2.33. The summed E-state index contributed by atoms with van der Waals surface area (Å²) in [6.07, 6.45) is 1.09. The van der Waals surface area contributed by atoms with Crippen LogP contribution in [0.1, 0.15) is 70.6 Å². The van der Waals surface area contributed by atoms with Crippen molar-refractivity contribution < 1.29 is 19.1 Å². The predicted molar refractivity (Wildman–Crippen MR) is 107 cm³/mol. The molecule has 8 nitrogen and oxygen atoms in total. The highest BCUT2D eigenvalue weighted by Gasteiger charge is 2.27. The van der Waals surface area contributed by atoms with E-state index in [1.807, 2.05) is 46.4 Å². The Balaban J connectivity index is 2.09. The molecule has 1 aromatic rings. The smallest absolute Gasteiger partial charge is 0.407 e. The zero-order valence-corrected chi connectivity index (χ0v) is 18.0. The van der Waals surface area contributed by atoms with Gasteiger partial charge in [0.05, 0.1) is 12.8 Å². The number of nitrogens with zero attached hydrogens (tertiary/aromatic N) is 3. The summed E-state index contributed by atoms with van der Waals surface area (Å²) in [6, 6.07) is 1.73. The number of rotatable bonds is 3. The quantitative estimate of drug-likeness (QED) is 0.790. The summed E-state index contributed by atoms with van der Waals surface area (Å²) in [5.41, 5.74) is 0.297. The van der Waals surface area contributed by atoms with E-state index in [-0.39, 0.29) is 17.2 Å². The number of nitrogens with one attached hydrogen (secondary N) is 1. The lowest BCUT2D eigenvalue weighted by atomic mass is 9.91. The minimum atomic E-state index is -0.518. The molecule has 1 aliphatic rings. The van der Waals surface area contributed by atoms with E-state index >= 15 is 0 Å². The van der Waals surface area contributed by atoms with Gasteiger partial charge in [-0.2, -0.15) is 0 Å². The molecule has 156 valence electrons. The number of methoxy groups -OCH3 is 1. The molecule has 0 radical (unpaired) electrons. The van der Waals surface area contributed by atoms with E-state index in [4.69, 9.17) is 9.47 Å². The number of anilines is 1. The van der Waals surface area contributed by atoms with Gasteiger partial charge >= 0.3 is 12.1 Å². The van der Waals surface area contributed by atoms with Crippen LogP contribution in [0.25, 0.3) is 0 Å². The summed E-state index contributed by atoms with van der Waals surface area (Å²) in [5, 5.41) is 2.92. The summed E-state index contributed by atoms with van der Waals surface area (Å²) in [5.74, 6) is 0.0409. The van der Waals surface area contributed by atoms with Crippen molar-refractivity contribution in [1.29, 1.82) is 0 Å². The summed E-state index contributed by atoms with van der Waals surface area (Å²) >= 11 is 0. The average Bonchev–Trinajstić information content (AvgIpc) is 2.58. The standard InChI is InChI=1S/C20H32N4O4/c1-19(2,3)15-12-14(16(25)27-7)22-17(23-15)24-10-8-13(9-11-24)21-18(26)28-20(4,5)6/h12-13H,8-11H2,1-7H3,(H,21,26). The van der Waals surface area contributed by atoms with Crippen molar-refractivity contribution in [2.75, 3.05) is 25.1 Å². The number of alkyl carbamates (subject to hydrolysis) is 1. The zero-order chi connectivity index (χ0) is 21.1. The van der Waals surface area contributed by atoms with Gasteiger partial charge in [-0.3, -0.25) is 0 Å². The van der Waals surface area contributed by atoms with E-state index < -0.39 is 17.7 Å². The van der Waals surface area contributed by atoms with Gasteiger partial charge in [-0.15, -0.1) is 0 Å². The number of hydrogen-bond donors (Lipinski definition) is 1. The van der Waals surface area contributed by atoms with Crippen LogP contribution in [0, 0.1) is 0 Å². The first-order valence-electron chi connectivity index (χ1n) is 9.61. The van der Waals surface area contributed by atoms with Crippen molar-refractivity contribution in [2.24, 2.45) is 0 Å². The van der Waals surface area contributed by atoms with E-state index in [1.54, 1.807) is 6.07 Å². The number of ether oxygens (including phenoxy) is 2. The van der Waals surface area contributed by atoms with Gasteiger partial charge in [0.1, 0.15) is 5.60 Å². The van der Waals surface area contributed by atoms with E-state index in [9.17, 15) is 9.59 Å².